The molecule has 2 rings (SSSR count). The predicted octanol–water partition coefficient (Wildman–Crippen LogP) is 3.71. The van der Waals surface area contributed by atoms with Gasteiger partial charge in [-0.3, -0.25) is 0 Å². The molecule has 0 aliphatic carbocycles. The van der Waals surface area contributed by atoms with Crippen LogP contribution in [0.5, 0.6) is 11.5 Å². The van der Waals surface area contributed by atoms with Crippen molar-refractivity contribution in [1.29, 1.82) is 0 Å². The number of allylic oxidation sites excluding steroid dienone is 2. The van der Waals surface area contributed by atoms with Crippen molar-refractivity contribution in [3.05, 3.63) is 60.7 Å². The zero-order valence-corrected chi connectivity index (χ0v) is 10.2. The Kier molecular flexibility index (Phi) is 3.38. The first-order valence-electron chi connectivity index (χ1n) is 5.85. The van der Waals surface area contributed by atoms with Crippen LogP contribution in [0.4, 0.5) is 0 Å². The summed E-state index contributed by atoms with van der Waals surface area (Å²) < 4.78 is 0. The van der Waals surface area contributed by atoms with Gasteiger partial charge >= 0.3 is 0 Å². The van der Waals surface area contributed by atoms with Gasteiger partial charge in [-0.15, -0.1) is 13.2 Å². The maximum atomic E-state index is 10.3. The van der Waals surface area contributed by atoms with Gasteiger partial charge in [0.05, 0.1) is 0 Å². The zero-order valence-electron chi connectivity index (χ0n) is 10.2. The number of hydrogen-bond acceptors (Lipinski definition) is 2. The van der Waals surface area contributed by atoms with Gasteiger partial charge in [0.1, 0.15) is 11.5 Å². The van der Waals surface area contributed by atoms with Crippen molar-refractivity contribution in [2.45, 2.75) is 12.8 Å². The van der Waals surface area contributed by atoms with Gasteiger partial charge in [0.15, 0.2) is 0 Å². The lowest BCUT2D eigenvalue weighted by atomic mass is 9.95. The van der Waals surface area contributed by atoms with Crippen LogP contribution < -0.4 is 0 Å². The van der Waals surface area contributed by atoms with Crippen LogP contribution in [0.15, 0.2) is 49.6 Å². The van der Waals surface area contributed by atoms with Crippen molar-refractivity contribution >= 4 is 10.8 Å². The second-order valence-electron chi connectivity index (χ2n) is 4.25. The molecule has 0 aromatic heterocycles. The molecule has 0 spiro atoms. The molecule has 18 heavy (non-hydrogen) atoms. The summed E-state index contributed by atoms with van der Waals surface area (Å²) in [5, 5.41) is 21.7. The summed E-state index contributed by atoms with van der Waals surface area (Å²) >= 11 is 0. The van der Waals surface area contributed by atoms with Crippen molar-refractivity contribution < 1.29 is 10.2 Å². The molecule has 0 saturated carbocycles. The molecule has 0 unspecified atom stereocenters. The fourth-order valence-corrected chi connectivity index (χ4v) is 2.17. The Morgan fingerprint density at radius 3 is 2.39 bits per heavy atom. The third-order valence-electron chi connectivity index (χ3n) is 2.99. The standard InChI is InChI=1S/C16H16O2/c1-3-5-12-9-11-7-8-13(17)10-15(11)14(6-4-2)16(12)18/h3-4,7-10,17-18H,1-2,5-6H2. The molecular formula is C16H16O2. The Labute approximate surface area is 107 Å². The number of phenolic OH excluding ortho intramolecular Hbond substituents is 2. The van der Waals surface area contributed by atoms with E-state index in [1.54, 1.807) is 24.3 Å². The molecule has 0 aliphatic heterocycles. The van der Waals surface area contributed by atoms with E-state index in [1.165, 1.54) is 0 Å². The molecule has 0 fully saturated rings. The lowest BCUT2D eigenvalue weighted by Gasteiger charge is -2.12. The molecule has 0 heterocycles. The van der Waals surface area contributed by atoms with Gasteiger partial charge in [-0.25, -0.2) is 0 Å². The van der Waals surface area contributed by atoms with E-state index < -0.39 is 0 Å². The first-order chi connectivity index (χ1) is 8.67. The van der Waals surface area contributed by atoms with Crippen LogP contribution in [-0.4, -0.2) is 10.2 Å². The fourth-order valence-electron chi connectivity index (χ4n) is 2.17. The van der Waals surface area contributed by atoms with Crippen LogP contribution in [0.2, 0.25) is 0 Å². The quantitative estimate of drug-likeness (QED) is 0.800. The van der Waals surface area contributed by atoms with Gasteiger partial charge in [-0.2, -0.15) is 0 Å². The summed E-state index contributed by atoms with van der Waals surface area (Å²) in [5.74, 6) is 0.469. The number of aromatic hydroxyl groups is 2. The first kappa shape index (κ1) is 12.2. The van der Waals surface area contributed by atoms with Crippen molar-refractivity contribution in [2.24, 2.45) is 0 Å². The number of fused-ring (bicyclic) bond motifs is 1. The minimum Gasteiger partial charge on any atom is -0.508 e. The van der Waals surface area contributed by atoms with Gasteiger partial charge in [0.2, 0.25) is 0 Å². The third kappa shape index (κ3) is 2.09. The second kappa shape index (κ2) is 4.96. The first-order valence-corrected chi connectivity index (χ1v) is 5.85. The summed E-state index contributed by atoms with van der Waals surface area (Å²) in [6.07, 6.45) is 4.69. The molecule has 2 N–H and O–H groups in total. The summed E-state index contributed by atoms with van der Waals surface area (Å²) in [7, 11) is 0. The molecule has 0 atom stereocenters. The molecule has 92 valence electrons. The van der Waals surface area contributed by atoms with E-state index in [4.69, 9.17) is 0 Å². The highest BCUT2D eigenvalue weighted by Gasteiger charge is 2.11. The van der Waals surface area contributed by atoms with Crippen LogP contribution in [0.3, 0.4) is 0 Å². The van der Waals surface area contributed by atoms with E-state index in [2.05, 4.69) is 13.2 Å². The minimum absolute atomic E-state index is 0.198. The summed E-state index contributed by atoms with van der Waals surface area (Å²) in [4.78, 5) is 0. The maximum Gasteiger partial charge on any atom is 0.123 e. The monoisotopic (exact) mass is 240 g/mol. The van der Waals surface area contributed by atoms with Crippen LogP contribution >= 0.6 is 0 Å². The SMILES string of the molecule is C=CCc1cc2ccc(O)cc2c(CC=C)c1O. The largest absolute Gasteiger partial charge is 0.508 e. The number of hydrogen-bond donors (Lipinski definition) is 2. The number of phenols is 2. The average molecular weight is 240 g/mol. The van der Waals surface area contributed by atoms with Crippen molar-refractivity contribution in [1.82, 2.24) is 0 Å². The van der Waals surface area contributed by atoms with Gasteiger partial charge in [-0.1, -0.05) is 18.2 Å². The van der Waals surface area contributed by atoms with Crippen LogP contribution in [-0.2, 0) is 12.8 Å². The molecule has 2 aromatic rings. The smallest absolute Gasteiger partial charge is 0.123 e. The maximum absolute atomic E-state index is 10.3. The van der Waals surface area contributed by atoms with E-state index in [1.807, 2.05) is 12.1 Å². The minimum atomic E-state index is 0.198. The van der Waals surface area contributed by atoms with Crippen LogP contribution in [0.1, 0.15) is 11.1 Å². The van der Waals surface area contributed by atoms with E-state index in [-0.39, 0.29) is 11.5 Å². The van der Waals surface area contributed by atoms with Gasteiger partial charge in [-0.05, 0) is 47.4 Å². The molecule has 2 heteroatoms. The van der Waals surface area contributed by atoms with E-state index >= 15 is 0 Å². The Morgan fingerprint density at radius 1 is 1.00 bits per heavy atom. The Morgan fingerprint density at radius 2 is 1.72 bits per heavy atom. The van der Waals surface area contributed by atoms with Crippen molar-refractivity contribution in [3.8, 4) is 11.5 Å². The lowest BCUT2D eigenvalue weighted by Crippen LogP contribution is -1.92. The molecular weight excluding hydrogens is 224 g/mol. The summed E-state index contributed by atoms with van der Waals surface area (Å²) in [6.45, 7) is 7.40. The Hall–Kier alpha value is -2.22. The Bertz CT molecular complexity index is 612. The Balaban J connectivity index is 2.78. The normalized spacial score (nSPS) is 10.4. The molecule has 2 nitrogen and oxygen atoms in total. The molecule has 0 bridgehead atoms. The fraction of sp³-hybridized carbons (Fsp3) is 0.125. The molecule has 0 radical (unpaired) electrons. The summed E-state index contributed by atoms with van der Waals surface area (Å²) in [5.41, 5.74) is 1.65. The third-order valence-corrected chi connectivity index (χ3v) is 2.99. The van der Waals surface area contributed by atoms with Crippen LogP contribution in [0.25, 0.3) is 10.8 Å². The van der Waals surface area contributed by atoms with E-state index in [0.29, 0.717) is 12.8 Å². The number of benzene rings is 2. The highest BCUT2D eigenvalue weighted by atomic mass is 16.3. The predicted molar refractivity (Wildman–Crippen MR) is 75.1 cm³/mol. The van der Waals surface area contributed by atoms with Crippen molar-refractivity contribution in [3.63, 3.8) is 0 Å². The zero-order chi connectivity index (χ0) is 13.1. The topological polar surface area (TPSA) is 40.5 Å². The molecule has 0 saturated heterocycles. The highest BCUT2D eigenvalue weighted by Crippen LogP contribution is 2.34. The van der Waals surface area contributed by atoms with E-state index in [0.717, 1.165) is 21.9 Å². The second-order valence-corrected chi connectivity index (χ2v) is 4.25. The molecule has 0 aliphatic rings. The van der Waals surface area contributed by atoms with Gasteiger partial charge < -0.3 is 10.2 Å². The van der Waals surface area contributed by atoms with Gasteiger partial charge in [0.25, 0.3) is 0 Å². The van der Waals surface area contributed by atoms with Crippen molar-refractivity contribution in [2.75, 3.05) is 0 Å². The lowest BCUT2D eigenvalue weighted by molar-refractivity contribution is 0.465. The molecule has 2 aromatic carbocycles. The highest BCUT2D eigenvalue weighted by molar-refractivity contribution is 5.90. The molecule has 0 amide bonds. The van der Waals surface area contributed by atoms with Crippen LogP contribution in [0, 0.1) is 0 Å². The van der Waals surface area contributed by atoms with E-state index in [9.17, 15) is 10.2 Å². The average Bonchev–Trinajstić information content (AvgIpc) is 2.35. The van der Waals surface area contributed by atoms with Gasteiger partial charge in [0, 0.05) is 5.56 Å². The number of rotatable bonds is 4. The summed E-state index contributed by atoms with van der Waals surface area (Å²) in [6, 6.07) is 7.10.